The van der Waals surface area contributed by atoms with Gasteiger partial charge >= 0.3 is 0 Å². The van der Waals surface area contributed by atoms with Gasteiger partial charge in [0.15, 0.2) is 0 Å². The first-order valence-electron chi connectivity index (χ1n) is 11.4. The summed E-state index contributed by atoms with van der Waals surface area (Å²) >= 11 is 7.23. The Labute approximate surface area is 212 Å². The summed E-state index contributed by atoms with van der Waals surface area (Å²) in [5.74, 6) is -0.352. The second kappa shape index (κ2) is 10.4. The lowest BCUT2D eigenvalue weighted by atomic mass is 10.0. The van der Waals surface area contributed by atoms with E-state index in [9.17, 15) is 9.59 Å². The summed E-state index contributed by atoms with van der Waals surface area (Å²) in [5, 5.41) is 15.8. The van der Waals surface area contributed by atoms with Crippen LogP contribution in [0.25, 0.3) is 10.6 Å². The molecular formula is C27H23ClN4O2S. The maximum absolute atomic E-state index is 13.2. The monoisotopic (exact) mass is 502 g/mol. The van der Waals surface area contributed by atoms with E-state index in [4.69, 9.17) is 11.6 Å². The Kier molecular flexibility index (Phi) is 6.88. The molecule has 8 heteroatoms. The molecule has 35 heavy (non-hydrogen) atoms. The number of anilines is 1. The molecule has 4 aromatic rings. The summed E-state index contributed by atoms with van der Waals surface area (Å²) in [6.07, 6.45) is 1.17. The van der Waals surface area contributed by atoms with Gasteiger partial charge in [-0.25, -0.2) is 0 Å². The number of carbonyl (C=O) groups excluding carboxylic acids is 2. The Morgan fingerprint density at radius 3 is 2.34 bits per heavy atom. The van der Waals surface area contributed by atoms with Gasteiger partial charge in [0.2, 0.25) is 16.9 Å². The van der Waals surface area contributed by atoms with Crippen LogP contribution >= 0.6 is 22.9 Å². The van der Waals surface area contributed by atoms with E-state index in [0.717, 1.165) is 23.1 Å². The lowest BCUT2D eigenvalue weighted by Crippen LogP contribution is -2.46. The van der Waals surface area contributed by atoms with Crippen molar-refractivity contribution in [3.63, 3.8) is 0 Å². The lowest BCUT2D eigenvalue weighted by molar-refractivity contribution is -0.127. The smallest absolute Gasteiger partial charge is 0.249 e. The molecule has 176 valence electrons. The molecule has 2 amide bonds. The van der Waals surface area contributed by atoms with Crippen LogP contribution in [-0.4, -0.2) is 28.1 Å². The minimum absolute atomic E-state index is 0.103. The van der Waals surface area contributed by atoms with Crippen molar-refractivity contribution in [3.05, 3.63) is 101 Å². The first-order valence-corrected chi connectivity index (χ1v) is 12.6. The molecule has 0 aliphatic heterocycles. The van der Waals surface area contributed by atoms with Gasteiger partial charge in [-0.05, 0) is 35.6 Å². The lowest BCUT2D eigenvalue weighted by Gasteiger charge is -2.18. The SMILES string of the molecule is O=C(Nc1nnc(-c2ccc(Cl)cc2)s1)[C@H](Cc1ccccc1)NC(=O)[C@@H]1C[C@H]1c1ccccc1. The Morgan fingerprint density at radius 2 is 1.63 bits per heavy atom. The number of hydrogen-bond donors (Lipinski definition) is 2. The molecule has 1 aromatic heterocycles. The van der Waals surface area contributed by atoms with Crippen LogP contribution in [0.2, 0.25) is 5.02 Å². The molecule has 1 aliphatic carbocycles. The first kappa shape index (κ1) is 23.2. The maximum atomic E-state index is 13.2. The molecule has 1 aliphatic rings. The number of carbonyl (C=O) groups is 2. The van der Waals surface area contributed by atoms with Crippen LogP contribution in [0.3, 0.4) is 0 Å². The molecular weight excluding hydrogens is 480 g/mol. The third-order valence-electron chi connectivity index (χ3n) is 6.02. The number of nitrogens with one attached hydrogen (secondary N) is 2. The Hall–Kier alpha value is -3.55. The standard InChI is InChI=1S/C27H23ClN4O2S/c28-20-13-11-19(12-14-20)26-31-32-27(35-26)30-25(34)23(15-17-7-3-1-4-8-17)29-24(33)22-16-21(22)18-9-5-2-6-10-18/h1-14,21-23H,15-16H2,(H,29,33)(H,30,32,34)/t21-,22+,23-/m0/s1. The van der Waals surface area contributed by atoms with Gasteiger partial charge in [-0.15, -0.1) is 10.2 Å². The van der Waals surface area contributed by atoms with Crippen LogP contribution in [0.1, 0.15) is 23.5 Å². The van der Waals surface area contributed by atoms with Gasteiger partial charge in [0.05, 0.1) is 0 Å². The van der Waals surface area contributed by atoms with E-state index in [0.29, 0.717) is 21.6 Å². The number of rotatable bonds is 8. The van der Waals surface area contributed by atoms with Crippen molar-refractivity contribution in [2.45, 2.75) is 24.8 Å². The fourth-order valence-corrected chi connectivity index (χ4v) is 4.94. The zero-order valence-electron chi connectivity index (χ0n) is 18.7. The molecule has 6 nitrogen and oxygen atoms in total. The van der Waals surface area contributed by atoms with Crippen molar-refractivity contribution in [1.29, 1.82) is 0 Å². The highest BCUT2D eigenvalue weighted by molar-refractivity contribution is 7.18. The third-order valence-corrected chi connectivity index (χ3v) is 7.16. The van der Waals surface area contributed by atoms with Gasteiger partial charge < -0.3 is 5.32 Å². The molecule has 3 aromatic carbocycles. The van der Waals surface area contributed by atoms with Gasteiger partial charge in [0, 0.05) is 22.9 Å². The molecule has 0 radical (unpaired) electrons. The fourth-order valence-electron chi connectivity index (χ4n) is 4.07. The fraction of sp³-hybridized carbons (Fsp3) is 0.185. The van der Waals surface area contributed by atoms with E-state index in [-0.39, 0.29) is 23.7 Å². The van der Waals surface area contributed by atoms with Gasteiger partial charge in [-0.3, -0.25) is 14.9 Å². The van der Waals surface area contributed by atoms with Gasteiger partial charge in [-0.1, -0.05) is 95.7 Å². The first-order chi connectivity index (χ1) is 17.1. The van der Waals surface area contributed by atoms with Crippen LogP contribution in [0, 0.1) is 5.92 Å². The van der Waals surface area contributed by atoms with E-state index < -0.39 is 6.04 Å². The Bertz CT molecular complexity index is 1310. The Balaban J connectivity index is 1.28. The van der Waals surface area contributed by atoms with E-state index in [2.05, 4.69) is 20.8 Å². The molecule has 1 fully saturated rings. The van der Waals surface area contributed by atoms with E-state index in [1.807, 2.05) is 72.8 Å². The summed E-state index contributed by atoms with van der Waals surface area (Å²) in [5.41, 5.74) is 2.98. The molecule has 5 rings (SSSR count). The minimum atomic E-state index is -0.732. The number of nitrogens with zero attached hydrogens (tertiary/aromatic N) is 2. The van der Waals surface area contributed by atoms with E-state index in [1.165, 1.54) is 11.3 Å². The van der Waals surface area contributed by atoms with Gasteiger partial charge in [0.1, 0.15) is 11.0 Å². The molecule has 0 unspecified atom stereocenters. The van der Waals surface area contributed by atoms with E-state index >= 15 is 0 Å². The molecule has 1 heterocycles. The topological polar surface area (TPSA) is 84.0 Å². The molecule has 2 N–H and O–H groups in total. The molecule has 0 bridgehead atoms. The molecule has 0 saturated heterocycles. The quantitative estimate of drug-likeness (QED) is 0.341. The third kappa shape index (κ3) is 5.75. The van der Waals surface area contributed by atoms with Crippen molar-refractivity contribution >= 4 is 39.9 Å². The van der Waals surface area contributed by atoms with Crippen molar-refractivity contribution in [1.82, 2.24) is 15.5 Å². The highest BCUT2D eigenvalue weighted by Gasteiger charge is 2.44. The summed E-state index contributed by atoms with van der Waals surface area (Å²) in [6, 6.07) is 26.2. The largest absolute Gasteiger partial charge is 0.344 e. The average molecular weight is 503 g/mol. The minimum Gasteiger partial charge on any atom is -0.344 e. The van der Waals surface area contributed by atoms with Crippen molar-refractivity contribution in [3.8, 4) is 10.6 Å². The number of hydrogen-bond acceptors (Lipinski definition) is 5. The highest BCUT2D eigenvalue weighted by atomic mass is 35.5. The summed E-state index contributed by atoms with van der Waals surface area (Å²) in [4.78, 5) is 26.3. The summed E-state index contributed by atoms with van der Waals surface area (Å²) in [6.45, 7) is 0. The zero-order valence-corrected chi connectivity index (χ0v) is 20.3. The second-order valence-electron chi connectivity index (χ2n) is 8.52. The van der Waals surface area contributed by atoms with Crippen molar-refractivity contribution in [2.24, 2.45) is 5.92 Å². The van der Waals surface area contributed by atoms with E-state index in [1.54, 1.807) is 12.1 Å². The predicted molar refractivity (Wildman–Crippen MR) is 138 cm³/mol. The van der Waals surface area contributed by atoms with Gasteiger partial charge in [0.25, 0.3) is 0 Å². The van der Waals surface area contributed by atoms with Crippen LogP contribution in [0.15, 0.2) is 84.9 Å². The van der Waals surface area contributed by atoms with Crippen LogP contribution in [0.4, 0.5) is 5.13 Å². The normalized spacial score (nSPS) is 17.4. The van der Waals surface area contributed by atoms with Crippen LogP contribution in [-0.2, 0) is 16.0 Å². The van der Waals surface area contributed by atoms with Gasteiger partial charge in [-0.2, -0.15) is 0 Å². The number of aromatic nitrogens is 2. The predicted octanol–water partition coefficient (Wildman–Crippen LogP) is 5.33. The molecule has 3 atom stereocenters. The summed E-state index contributed by atoms with van der Waals surface area (Å²) < 4.78 is 0. The highest BCUT2D eigenvalue weighted by Crippen LogP contribution is 2.47. The number of benzene rings is 3. The second-order valence-corrected chi connectivity index (χ2v) is 9.93. The number of amides is 2. The molecule has 0 spiro atoms. The number of halogens is 1. The van der Waals surface area contributed by atoms with Crippen LogP contribution in [0.5, 0.6) is 0 Å². The molecule has 1 saturated carbocycles. The van der Waals surface area contributed by atoms with Crippen LogP contribution < -0.4 is 10.6 Å². The maximum Gasteiger partial charge on any atom is 0.249 e. The summed E-state index contributed by atoms with van der Waals surface area (Å²) in [7, 11) is 0. The average Bonchev–Trinajstić information content (AvgIpc) is 3.57. The van der Waals surface area contributed by atoms with Crippen molar-refractivity contribution < 1.29 is 9.59 Å². The Morgan fingerprint density at radius 1 is 0.943 bits per heavy atom. The zero-order chi connectivity index (χ0) is 24.2. The van der Waals surface area contributed by atoms with Crippen molar-refractivity contribution in [2.75, 3.05) is 5.32 Å².